The Labute approximate surface area is 205 Å². The van der Waals surface area contributed by atoms with Crippen molar-refractivity contribution in [1.29, 1.82) is 0 Å². The minimum Gasteiger partial charge on any atom is -0.480 e. The van der Waals surface area contributed by atoms with E-state index >= 15 is 0 Å². The predicted octanol–water partition coefficient (Wildman–Crippen LogP) is 1.76. The molecule has 6 atom stereocenters. The molecular weight excluding hydrogens is 460 g/mol. The molecule has 0 bridgehead atoms. The van der Waals surface area contributed by atoms with E-state index in [0.717, 1.165) is 32.1 Å². The summed E-state index contributed by atoms with van der Waals surface area (Å²) in [6.07, 6.45) is 8.52. The van der Waals surface area contributed by atoms with E-state index in [1.54, 1.807) is 0 Å². The molecule has 9 nitrogen and oxygen atoms in total. The van der Waals surface area contributed by atoms with Crippen molar-refractivity contribution in [3.05, 3.63) is 12.2 Å². The van der Waals surface area contributed by atoms with Gasteiger partial charge in [0.1, 0.15) is 11.6 Å². The Morgan fingerprint density at radius 3 is 2.56 bits per heavy atom. The SMILES string of the molecule is CCCCCC[C@H]1C(=O)N[C@@](C(=O)SC[C@H](NC(C)=O)C(=O)O)(C(O)[C@@H]2C=CCCC2)[C@@]1(C)O. The van der Waals surface area contributed by atoms with Crippen LogP contribution in [0.15, 0.2) is 12.2 Å². The largest absolute Gasteiger partial charge is 0.480 e. The maximum absolute atomic E-state index is 13.6. The lowest BCUT2D eigenvalue weighted by Crippen LogP contribution is -2.69. The molecule has 2 rings (SSSR count). The van der Waals surface area contributed by atoms with Gasteiger partial charge in [0, 0.05) is 18.6 Å². The number of hydrogen-bond acceptors (Lipinski definition) is 7. The summed E-state index contributed by atoms with van der Waals surface area (Å²) in [6.45, 7) is 4.65. The quantitative estimate of drug-likeness (QED) is 0.202. The topological polar surface area (TPSA) is 153 Å². The molecule has 0 saturated carbocycles. The standard InChI is InChI=1S/C24H38N2O7S/c1-4-5-6-10-13-17-20(29)26-24(23(17,3)33,19(28)16-11-8-7-9-12-16)22(32)34-14-18(21(30)31)25-15(2)27/h8,11,16-19,28,33H,4-7,9-10,12-14H2,1-3H3,(H,25,27)(H,26,29)(H,30,31)/t16-,17+,18+,19?,23+,24-/m1/s1. The van der Waals surface area contributed by atoms with Crippen molar-refractivity contribution in [1.82, 2.24) is 10.6 Å². The maximum atomic E-state index is 13.6. The number of aliphatic carboxylic acids is 1. The predicted molar refractivity (Wildman–Crippen MR) is 129 cm³/mol. The first kappa shape index (κ1) is 28.3. The normalized spacial score (nSPS) is 30.4. The molecule has 1 saturated heterocycles. The number of allylic oxidation sites excluding steroid dienone is 1. The van der Waals surface area contributed by atoms with Crippen LogP contribution in [-0.2, 0) is 19.2 Å². The highest BCUT2D eigenvalue weighted by molar-refractivity contribution is 8.13. The Kier molecular flexibility index (Phi) is 10.1. The number of thioether (sulfide) groups is 1. The van der Waals surface area contributed by atoms with Crippen LogP contribution in [0.2, 0.25) is 0 Å². The van der Waals surface area contributed by atoms with Gasteiger partial charge in [0.25, 0.3) is 0 Å². The van der Waals surface area contributed by atoms with Gasteiger partial charge in [0.15, 0.2) is 5.54 Å². The Morgan fingerprint density at radius 1 is 1.29 bits per heavy atom. The number of aliphatic hydroxyl groups excluding tert-OH is 1. The summed E-state index contributed by atoms with van der Waals surface area (Å²) in [4.78, 5) is 49.6. The van der Waals surface area contributed by atoms with Crippen LogP contribution >= 0.6 is 11.8 Å². The molecule has 0 aromatic heterocycles. The first-order chi connectivity index (χ1) is 16.0. The molecule has 0 radical (unpaired) electrons. The van der Waals surface area contributed by atoms with Crippen LogP contribution in [0.1, 0.15) is 72.1 Å². The number of rotatable bonds is 12. The van der Waals surface area contributed by atoms with Crippen molar-refractivity contribution in [2.24, 2.45) is 11.8 Å². The third-order valence-electron chi connectivity index (χ3n) is 6.98. The second-order valence-corrected chi connectivity index (χ2v) is 10.5. The number of aliphatic hydroxyl groups is 2. The molecule has 5 N–H and O–H groups in total. The van der Waals surface area contributed by atoms with E-state index in [-0.39, 0.29) is 5.75 Å². The fourth-order valence-corrected chi connectivity index (χ4v) is 6.14. The third kappa shape index (κ3) is 6.01. The van der Waals surface area contributed by atoms with E-state index in [2.05, 4.69) is 17.6 Å². The summed E-state index contributed by atoms with van der Waals surface area (Å²) in [5, 5.41) is 36.7. The number of unbranched alkanes of at least 4 members (excludes halogenated alkanes) is 3. The monoisotopic (exact) mass is 498 g/mol. The van der Waals surface area contributed by atoms with Gasteiger partial charge in [-0.3, -0.25) is 14.4 Å². The molecule has 0 aromatic carbocycles. The number of amides is 2. The van der Waals surface area contributed by atoms with E-state index in [1.165, 1.54) is 13.8 Å². The molecule has 1 unspecified atom stereocenters. The number of carbonyl (C=O) groups excluding carboxylic acids is 3. The fraction of sp³-hybridized carbons (Fsp3) is 0.750. The average Bonchev–Trinajstić information content (AvgIpc) is 2.99. The van der Waals surface area contributed by atoms with Crippen LogP contribution in [0.25, 0.3) is 0 Å². The van der Waals surface area contributed by atoms with Gasteiger partial charge in [-0.25, -0.2) is 4.79 Å². The van der Waals surface area contributed by atoms with Gasteiger partial charge < -0.3 is 26.0 Å². The van der Waals surface area contributed by atoms with Gasteiger partial charge in [-0.2, -0.15) is 0 Å². The van der Waals surface area contributed by atoms with Gasteiger partial charge in [-0.1, -0.05) is 56.5 Å². The van der Waals surface area contributed by atoms with E-state index in [4.69, 9.17) is 0 Å². The van der Waals surface area contributed by atoms with Crippen molar-refractivity contribution < 1.29 is 34.5 Å². The zero-order valence-corrected chi connectivity index (χ0v) is 21.0. The van der Waals surface area contributed by atoms with Crippen LogP contribution in [0.4, 0.5) is 0 Å². The zero-order chi connectivity index (χ0) is 25.5. The lowest BCUT2D eigenvalue weighted by atomic mass is 9.68. The van der Waals surface area contributed by atoms with E-state index in [1.807, 2.05) is 12.2 Å². The van der Waals surface area contributed by atoms with Crippen molar-refractivity contribution >= 4 is 34.7 Å². The lowest BCUT2D eigenvalue weighted by Gasteiger charge is -2.45. The molecule has 1 aliphatic carbocycles. The molecule has 0 spiro atoms. The minimum atomic E-state index is -2.00. The summed E-state index contributed by atoms with van der Waals surface area (Å²) in [7, 11) is 0. The minimum absolute atomic E-state index is 0.310. The Hall–Kier alpha value is -1.91. The van der Waals surface area contributed by atoms with Crippen LogP contribution in [0.3, 0.4) is 0 Å². The first-order valence-corrected chi connectivity index (χ1v) is 13.0. The Bertz CT molecular complexity index is 800. The van der Waals surface area contributed by atoms with E-state index in [0.29, 0.717) is 31.0 Å². The van der Waals surface area contributed by atoms with Crippen molar-refractivity contribution in [3.8, 4) is 0 Å². The van der Waals surface area contributed by atoms with Crippen LogP contribution in [0, 0.1) is 11.8 Å². The van der Waals surface area contributed by atoms with E-state index < -0.39 is 58.0 Å². The molecule has 2 aliphatic rings. The average molecular weight is 499 g/mol. The highest BCUT2D eigenvalue weighted by Gasteiger charge is 2.68. The molecule has 192 valence electrons. The number of hydrogen-bond donors (Lipinski definition) is 5. The van der Waals surface area contributed by atoms with Gasteiger partial charge in [-0.15, -0.1) is 0 Å². The molecule has 10 heteroatoms. The number of carboxylic acid groups (broad SMARTS) is 1. The van der Waals surface area contributed by atoms with Crippen LogP contribution in [0.5, 0.6) is 0 Å². The number of carbonyl (C=O) groups is 4. The van der Waals surface area contributed by atoms with Gasteiger partial charge in [-0.05, 0) is 32.6 Å². The Balaban J connectivity index is 2.36. The van der Waals surface area contributed by atoms with Gasteiger partial charge >= 0.3 is 5.97 Å². The summed E-state index contributed by atoms with van der Waals surface area (Å²) < 4.78 is 0. The van der Waals surface area contributed by atoms with Gasteiger partial charge in [0.2, 0.25) is 16.9 Å². The molecular formula is C24H38N2O7S. The molecule has 1 fully saturated rings. The smallest absolute Gasteiger partial charge is 0.327 e. The fourth-order valence-electron chi connectivity index (χ4n) is 4.99. The second-order valence-electron chi connectivity index (χ2n) is 9.50. The molecule has 1 aliphatic heterocycles. The van der Waals surface area contributed by atoms with Crippen molar-refractivity contribution in [3.63, 3.8) is 0 Å². The lowest BCUT2D eigenvalue weighted by molar-refractivity contribution is -0.142. The van der Waals surface area contributed by atoms with Gasteiger partial charge in [0.05, 0.1) is 12.0 Å². The molecule has 2 amide bonds. The summed E-state index contributed by atoms with van der Waals surface area (Å²) in [5.74, 6) is -4.01. The highest BCUT2D eigenvalue weighted by atomic mass is 32.2. The summed E-state index contributed by atoms with van der Waals surface area (Å²) >= 11 is 0.588. The number of carboxylic acids is 1. The third-order valence-corrected chi connectivity index (χ3v) is 8.06. The van der Waals surface area contributed by atoms with Crippen molar-refractivity contribution in [2.75, 3.05) is 5.75 Å². The van der Waals surface area contributed by atoms with Crippen LogP contribution < -0.4 is 10.6 Å². The highest BCUT2D eigenvalue weighted by Crippen LogP contribution is 2.46. The summed E-state index contributed by atoms with van der Waals surface area (Å²) in [5.41, 5.74) is -3.90. The maximum Gasteiger partial charge on any atom is 0.327 e. The molecule has 34 heavy (non-hydrogen) atoms. The van der Waals surface area contributed by atoms with E-state index in [9.17, 15) is 34.5 Å². The Morgan fingerprint density at radius 2 is 2.00 bits per heavy atom. The molecule has 1 heterocycles. The zero-order valence-electron chi connectivity index (χ0n) is 20.2. The number of nitrogens with one attached hydrogen (secondary N) is 2. The molecule has 0 aromatic rings. The first-order valence-electron chi connectivity index (χ1n) is 12.0. The van der Waals surface area contributed by atoms with Crippen molar-refractivity contribution in [2.45, 2.75) is 95.4 Å². The summed E-state index contributed by atoms with van der Waals surface area (Å²) in [6, 6.07) is -1.33. The second kappa shape index (κ2) is 12.2. The van der Waals surface area contributed by atoms with Crippen LogP contribution in [-0.4, -0.2) is 67.3 Å².